The second-order valence-electron chi connectivity index (χ2n) is 5.69. The average molecular weight is 477 g/mol. The number of furan rings is 1. The summed E-state index contributed by atoms with van der Waals surface area (Å²) < 4.78 is 43.9. The average Bonchev–Trinajstić information content (AvgIpc) is 3.04. The summed E-state index contributed by atoms with van der Waals surface area (Å²) in [4.78, 5) is 19.7. The van der Waals surface area contributed by atoms with Crippen LogP contribution in [0.4, 0.5) is 19.0 Å². The first-order valence-corrected chi connectivity index (χ1v) is 8.91. The molecule has 138 valence electrons. The summed E-state index contributed by atoms with van der Waals surface area (Å²) in [7, 11) is 0. The SMILES string of the molecule is O=C(/C=C/c1ccc(I)o1)N1CCN(c2ccc(C(F)(F)F)cn2)CC1. The Hall–Kier alpha value is -2.04. The van der Waals surface area contributed by atoms with Crippen LogP contribution < -0.4 is 4.90 Å². The van der Waals surface area contributed by atoms with Crippen LogP contribution in [-0.2, 0) is 11.0 Å². The molecular formula is C17H15F3IN3O2. The van der Waals surface area contributed by atoms with Gasteiger partial charge in [0.1, 0.15) is 11.6 Å². The molecule has 0 bridgehead atoms. The largest absolute Gasteiger partial charge is 0.451 e. The molecule has 1 fully saturated rings. The van der Waals surface area contributed by atoms with E-state index in [1.165, 1.54) is 12.1 Å². The topological polar surface area (TPSA) is 49.6 Å². The Bertz CT molecular complexity index is 794. The van der Waals surface area contributed by atoms with Crippen molar-refractivity contribution in [2.24, 2.45) is 0 Å². The molecule has 0 N–H and O–H groups in total. The van der Waals surface area contributed by atoms with Crippen LogP contribution in [-0.4, -0.2) is 42.0 Å². The second-order valence-corrected chi connectivity index (χ2v) is 6.75. The number of aromatic nitrogens is 1. The van der Waals surface area contributed by atoms with Gasteiger partial charge in [0.25, 0.3) is 0 Å². The fourth-order valence-corrected chi connectivity index (χ4v) is 3.01. The van der Waals surface area contributed by atoms with Gasteiger partial charge in [0.05, 0.1) is 5.56 Å². The standard InChI is InChI=1S/C17H15F3IN3O2/c18-17(19,20)12-1-5-15(22-11-12)23-7-9-24(10-8-23)16(25)6-3-13-2-4-14(21)26-13/h1-6,11H,7-10H2/b6-3+. The fourth-order valence-electron chi connectivity index (χ4n) is 2.57. The monoisotopic (exact) mass is 477 g/mol. The number of carbonyl (C=O) groups is 1. The molecule has 2 aromatic rings. The Morgan fingerprint density at radius 1 is 1.15 bits per heavy atom. The van der Waals surface area contributed by atoms with Gasteiger partial charge in [-0.3, -0.25) is 4.79 Å². The maximum absolute atomic E-state index is 12.6. The molecule has 0 saturated carbocycles. The van der Waals surface area contributed by atoms with Crippen LogP contribution >= 0.6 is 22.6 Å². The number of nitrogens with zero attached hydrogens (tertiary/aromatic N) is 3. The summed E-state index contributed by atoms with van der Waals surface area (Å²) in [6.45, 7) is 1.97. The van der Waals surface area contributed by atoms with E-state index in [-0.39, 0.29) is 5.91 Å². The van der Waals surface area contributed by atoms with Crippen molar-refractivity contribution in [3.8, 4) is 0 Å². The maximum Gasteiger partial charge on any atom is 0.417 e. The number of halogens is 4. The fraction of sp³-hybridized carbons (Fsp3) is 0.294. The summed E-state index contributed by atoms with van der Waals surface area (Å²) in [6.07, 6.45) is -0.482. The number of amides is 1. The molecule has 3 heterocycles. The van der Waals surface area contributed by atoms with Gasteiger partial charge in [-0.15, -0.1) is 0 Å². The molecule has 0 aliphatic carbocycles. The Labute approximate surface area is 161 Å². The van der Waals surface area contributed by atoms with Crippen LogP contribution in [0, 0.1) is 3.77 Å². The van der Waals surface area contributed by atoms with Crippen LogP contribution in [0.5, 0.6) is 0 Å². The third-order valence-electron chi connectivity index (χ3n) is 3.97. The summed E-state index contributed by atoms with van der Waals surface area (Å²) in [5.41, 5.74) is -0.771. The van der Waals surface area contributed by atoms with Crippen molar-refractivity contribution in [3.05, 3.63) is 51.6 Å². The summed E-state index contributed by atoms with van der Waals surface area (Å²) >= 11 is 2.05. The van der Waals surface area contributed by atoms with Crippen LogP contribution in [0.2, 0.25) is 0 Å². The maximum atomic E-state index is 12.6. The lowest BCUT2D eigenvalue weighted by Crippen LogP contribution is -2.48. The zero-order valence-electron chi connectivity index (χ0n) is 13.5. The summed E-state index contributed by atoms with van der Waals surface area (Å²) in [5, 5.41) is 0. The van der Waals surface area contributed by atoms with Gasteiger partial charge in [0, 0.05) is 38.5 Å². The lowest BCUT2D eigenvalue weighted by Gasteiger charge is -2.35. The first-order chi connectivity index (χ1) is 12.3. The van der Waals surface area contributed by atoms with Crippen LogP contribution in [0.3, 0.4) is 0 Å². The highest BCUT2D eigenvalue weighted by Crippen LogP contribution is 2.29. The van der Waals surface area contributed by atoms with Crippen molar-refractivity contribution >= 4 is 40.4 Å². The molecule has 26 heavy (non-hydrogen) atoms. The van der Waals surface area contributed by atoms with Crippen molar-refractivity contribution in [2.45, 2.75) is 6.18 Å². The molecule has 3 rings (SSSR count). The third kappa shape index (κ3) is 4.57. The zero-order valence-corrected chi connectivity index (χ0v) is 15.7. The third-order valence-corrected chi connectivity index (χ3v) is 4.55. The predicted molar refractivity (Wildman–Crippen MR) is 98.5 cm³/mol. The quantitative estimate of drug-likeness (QED) is 0.501. The van der Waals surface area contributed by atoms with Gasteiger partial charge in [-0.2, -0.15) is 13.2 Å². The molecule has 0 aromatic carbocycles. The minimum Gasteiger partial charge on any atom is -0.451 e. The molecule has 0 spiro atoms. The molecule has 5 nitrogen and oxygen atoms in total. The Kier molecular flexibility index (Phi) is 5.54. The van der Waals surface area contributed by atoms with E-state index in [4.69, 9.17) is 4.42 Å². The predicted octanol–water partition coefficient (Wildman–Crippen LogP) is 3.66. The van der Waals surface area contributed by atoms with E-state index in [1.54, 1.807) is 23.1 Å². The van der Waals surface area contributed by atoms with E-state index in [0.29, 0.717) is 37.8 Å². The van der Waals surface area contributed by atoms with E-state index in [0.717, 1.165) is 16.0 Å². The number of piperazine rings is 1. The molecule has 2 aromatic heterocycles. The van der Waals surface area contributed by atoms with Crippen molar-refractivity contribution in [1.82, 2.24) is 9.88 Å². The Morgan fingerprint density at radius 3 is 2.42 bits per heavy atom. The van der Waals surface area contributed by atoms with Crippen molar-refractivity contribution in [2.75, 3.05) is 31.1 Å². The van der Waals surface area contributed by atoms with E-state index in [2.05, 4.69) is 4.98 Å². The summed E-state index contributed by atoms with van der Waals surface area (Å²) in [6, 6.07) is 5.96. The second kappa shape index (κ2) is 7.68. The Morgan fingerprint density at radius 2 is 1.88 bits per heavy atom. The van der Waals surface area contributed by atoms with E-state index < -0.39 is 11.7 Å². The van der Waals surface area contributed by atoms with Gasteiger partial charge in [-0.05, 0) is 52.9 Å². The molecule has 0 unspecified atom stereocenters. The number of rotatable bonds is 3. The molecule has 1 amide bonds. The number of carbonyl (C=O) groups excluding carboxylic acids is 1. The normalized spacial score (nSPS) is 15.7. The number of pyridine rings is 1. The lowest BCUT2D eigenvalue weighted by atomic mass is 10.2. The highest BCUT2D eigenvalue weighted by molar-refractivity contribution is 14.1. The first kappa shape index (κ1) is 18.7. The molecular weight excluding hydrogens is 462 g/mol. The van der Waals surface area contributed by atoms with Crippen molar-refractivity contribution in [3.63, 3.8) is 0 Å². The molecule has 1 aliphatic heterocycles. The smallest absolute Gasteiger partial charge is 0.417 e. The van der Waals surface area contributed by atoms with Gasteiger partial charge >= 0.3 is 6.18 Å². The number of alkyl halides is 3. The van der Waals surface area contributed by atoms with E-state index >= 15 is 0 Å². The highest BCUT2D eigenvalue weighted by Gasteiger charge is 2.31. The van der Waals surface area contributed by atoms with E-state index in [1.807, 2.05) is 27.5 Å². The first-order valence-electron chi connectivity index (χ1n) is 7.83. The lowest BCUT2D eigenvalue weighted by molar-refractivity contribution is -0.137. The van der Waals surface area contributed by atoms with Gasteiger partial charge in [-0.25, -0.2) is 4.98 Å². The zero-order chi connectivity index (χ0) is 18.7. The van der Waals surface area contributed by atoms with Crippen molar-refractivity contribution < 1.29 is 22.4 Å². The van der Waals surface area contributed by atoms with Crippen LogP contribution in [0.15, 0.2) is 41.0 Å². The van der Waals surface area contributed by atoms with E-state index in [9.17, 15) is 18.0 Å². The van der Waals surface area contributed by atoms with Crippen molar-refractivity contribution in [1.29, 1.82) is 0 Å². The number of anilines is 1. The highest BCUT2D eigenvalue weighted by atomic mass is 127. The molecule has 0 radical (unpaired) electrons. The molecule has 1 saturated heterocycles. The van der Waals surface area contributed by atoms with Gasteiger partial charge in [-0.1, -0.05) is 0 Å². The Balaban J connectivity index is 1.55. The summed E-state index contributed by atoms with van der Waals surface area (Å²) in [5.74, 6) is 0.956. The van der Waals surface area contributed by atoms with Gasteiger partial charge < -0.3 is 14.2 Å². The van der Waals surface area contributed by atoms with Crippen LogP contribution in [0.25, 0.3) is 6.08 Å². The minimum atomic E-state index is -4.39. The van der Waals surface area contributed by atoms with Gasteiger partial charge in [0.15, 0.2) is 3.77 Å². The van der Waals surface area contributed by atoms with Crippen LogP contribution in [0.1, 0.15) is 11.3 Å². The number of hydrogen-bond acceptors (Lipinski definition) is 4. The molecule has 1 aliphatic rings. The molecule has 9 heteroatoms. The molecule has 0 atom stereocenters. The number of hydrogen-bond donors (Lipinski definition) is 0. The van der Waals surface area contributed by atoms with Gasteiger partial charge in [0.2, 0.25) is 5.91 Å². The minimum absolute atomic E-state index is 0.128.